The molecule has 0 aliphatic rings. The fourth-order valence-electron chi connectivity index (χ4n) is 0.726. The summed E-state index contributed by atoms with van der Waals surface area (Å²) in [6.07, 6.45) is 6.14. The third-order valence-corrected chi connectivity index (χ3v) is 2.80. The van der Waals surface area contributed by atoms with E-state index in [2.05, 4.69) is 33.9 Å². The van der Waals surface area contributed by atoms with Gasteiger partial charge in [-0.1, -0.05) is 37.1 Å². The van der Waals surface area contributed by atoms with Crippen LogP contribution in [0.4, 0.5) is 0 Å². The van der Waals surface area contributed by atoms with Gasteiger partial charge in [-0.25, -0.2) is 4.99 Å². The van der Waals surface area contributed by atoms with E-state index in [1.165, 1.54) is 0 Å². The van der Waals surface area contributed by atoms with Crippen LogP contribution in [0.25, 0.3) is 0 Å². The molecule has 0 aromatic rings. The normalized spacial score (nSPS) is 15.0. The monoisotopic (exact) mass is 263 g/mol. The largest absolute Gasteiger partial charge is 0.241 e. The van der Waals surface area contributed by atoms with Gasteiger partial charge in [-0.2, -0.15) is 0 Å². The predicted molar refractivity (Wildman–Crippen MR) is 64.6 cm³/mol. The highest BCUT2D eigenvalue weighted by Gasteiger charge is 1.97. The zero-order chi connectivity index (χ0) is 10.3. The van der Waals surface area contributed by atoms with Gasteiger partial charge in [0.1, 0.15) is 5.17 Å². The maximum Gasteiger partial charge on any atom is 0.143 e. The third-order valence-electron chi connectivity index (χ3n) is 1.45. The molecule has 0 aromatic carbocycles. The molecule has 0 amide bonds. The Hall–Kier alpha value is -0.0800. The first kappa shape index (κ1) is 12.9. The molecular weight excluding hydrogens is 249 g/mol. The van der Waals surface area contributed by atoms with Gasteiger partial charge in [0.15, 0.2) is 0 Å². The summed E-state index contributed by atoms with van der Waals surface area (Å²) in [5.74, 6) is 0. The van der Waals surface area contributed by atoms with Crippen LogP contribution in [-0.4, -0.2) is 5.17 Å². The van der Waals surface area contributed by atoms with Crippen molar-refractivity contribution in [2.24, 2.45) is 4.99 Å². The average Bonchev–Trinajstić information content (AvgIpc) is 2.13. The molecule has 3 heteroatoms. The molecule has 0 saturated heterocycles. The van der Waals surface area contributed by atoms with E-state index in [-0.39, 0.29) is 0 Å². The number of aliphatic imine (C=N–C) groups is 1. The third kappa shape index (κ3) is 6.05. The molecule has 0 saturated carbocycles. The van der Waals surface area contributed by atoms with Crippen molar-refractivity contribution < 1.29 is 0 Å². The summed E-state index contributed by atoms with van der Waals surface area (Å²) in [6, 6.07) is 0. The Balaban J connectivity index is 4.38. The fraction of sp³-hybridized carbons (Fsp3) is 0.500. The molecule has 0 bridgehead atoms. The lowest BCUT2D eigenvalue weighted by Crippen LogP contribution is -1.86. The smallest absolute Gasteiger partial charge is 0.143 e. The minimum Gasteiger partial charge on any atom is -0.241 e. The predicted octanol–water partition coefficient (Wildman–Crippen LogP) is 4.63. The molecule has 0 aromatic heterocycles. The van der Waals surface area contributed by atoms with Crippen LogP contribution in [0.2, 0.25) is 0 Å². The highest BCUT2D eigenvalue weighted by Crippen LogP contribution is 2.13. The lowest BCUT2D eigenvalue weighted by molar-refractivity contribution is 0.946. The molecule has 0 aliphatic carbocycles. The first-order valence-electron chi connectivity index (χ1n) is 4.35. The van der Waals surface area contributed by atoms with Gasteiger partial charge in [-0.05, 0) is 36.2 Å². The Bertz CT molecular complexity index is 241. The second-order valence-electron chi connectivity index (χ2n) is 2.67. The Kier molecular flexibility index (Phi) is 7.29. The van der Waals surface area contributed by atoms with Gasteiger partial charge in [0.2, 0.25) is 0 Å². The minimum atomic E-state index is 0.507. The molecule has 74 valence electrons. The van der Waals surface area contributed by atoms with Crippen LogP contribution in [0.15, 0.2) is 27.3 Å². The van der Waals surface area contributed by atoms with Gasteiger partial charge in [0.05, 0.1) is 4.48 Å². The number of hydrogen-bond acceptors (Lipinski definition) is 1. The standard InChI is InChI=1S/C10H15BrClN/c1-4-6-7-8(3)13-10(12)9(11)5-2/h5,7H,4,6H2,1-3H3/b8-7+,9-5+,13-10+. The first-order chi connectivity index (χ1) is 6.11. The molecule has 0 unspecified atom stereocenters. The van der Waals surface area contributed by atoms with Gasteiger partial charge in [0, 0.05) is 5.70 Å². The molecule has 0 heterocycles. The Labute approximate surface area is 93.7 Å². The van der Waals surface area contributed by atoms with E-state index in [1.54, 1.807) is 0 Å². The van der Waals surface area contributed by atoms with E-state index in [9.17, 15) is 0 Å². The quantitative estimate of drug-likeness (QED) is 0.657. The lowest BCUT2D eigenvalue weighted by Gasteiger charge is -1.96. The van der Waals surface area contributed by atoms with Crippen LogP contribution in [0, 0.1) is 0 Å². The van der Waals surface area contributed by atoms with E-state index < -0.39 is 0 Å². The number of halogens is 2. The summed E-state index contributed by atoms with van der Waals surface area (Å²) in [7, 11) is 0. The van der Waals surface area contributed by atoms with Crippen molar-refractivity contribution >= 4 is 32.7 Å². The lowest BCUT2D eigenvalue weighted by atomic mass is 10.3. The molecule has 0 aliphatic heterocycles. The summed E-state index contributed by atoms with van der Waals surface area (Å²) >= 11 is 9.21. The van der Waals surface area contributed by atoms with Crippen LogP contribution in [0.1, 0.15) is 33.6 Å². The second kappa shape index (κ2) is 7.34. The van der Waals surface area contributed by atoms with Crippen molar-refractivity contribution in [1.82, 2.24) is 0 Å². The maximum absolute atomic E-state index is 5.90. The summed E-state index contributed by atoms with van der Waals surface area (Å²) in [6.45, 7) is 6.00. The fourth-order valence-corrected chi connectivity index (χ4v) is 1.06. The average molecular weight is 265 g/mol. The van der Waals surface area contributed by atoms with Crippen molar-refractivity contribution in [2.45, 2.75) is 33.6 Å². The van der Waals surface area contributed by atoms with Gasteiger partial charge < -0.3 is 0 Å². The summed E-state index contributed by atoms with van der Waals surface area (Å²) < 4.78 is 0.832. The molecule has 1 nitrogen and oxygen atoms in total. The zero-order valence-electron chi connectivity index (χ0n) is 8.27. The second-order valence-corrected chi connectivity index (χ2v) is 3.89. The van der Waals surface area contributed by atoms with E-state index in [4.69, 9.17) is 11.6 Å². The van der Waals surface area contributed by atoms with Gasteiger partial charge in [-0.15, -0.1) is 0 Å². The molecule has 13 heavy (non-hydrogen) atoms. The van der Waals surface area contributed by atoms with E-state index in [0.717, 1.165) is 23.0 Å². The van der Waals surface area contributed by atoms with Crippen LogP contribution in [0.5, 0.6) is 0 Å². The van der Waals surface area contributed by atoms with Crippen molar-refractivity contribution in [3.8, 4) is 0 Å². The summed E-state index contributed by atoms with van der Waals surface area (Å²) in [4.78, 5) is 4.21. The molecule has 0 rings (SSSR count). The first-order valence-corrected chi connectivity index (χ1v) is 5.52. The Morgan fingerprint density at radius 1 is 1.54 bits per heavy atom. The summed E-state index contributed by atoms with van der Waals surface area (Å²) in [5.41, 5.74) is 0.964. The highest BCUT2D eigenvalue weighted by molar-refractivity contribution is 9.12. The van der Waals surface area contributed by atoms with E-state index in [1.807, 2.05) is 19.9 Å². The van der Waals surface area contributed by atoms with Crippen LogP contribution < -0.4 is 0 Å². The summed E-state index contributed by atoms with van der Waals surface area (Å²) in [5, 5.41) is 0.507. The Morgan fingerprint density at radius 2 is 2.15 bits per heavy atom. The van der Waals surface area contributed by atoms with Crippen molar-refractivity contribution in [3.63, 3.8) is 0 Å². The molecule has 0 fully saturated rings. The van der Waals surface area contributed by atoms with Crippen LogP contribution in [0.3, 0.4) is 0 Å². The number of hydrogen-bond donors (Lipinski definition) is 0. The van der Waals surface area contributed by atoms with Gasteiger partial charge in [-0.3, -0.25) is 0 Å². The Morgan fingerprint density at radius 3 is 2.62 bits per heavy atom. The van der Waals surface area contributed by atoms with Crippen LogP contribution in [-0.2, 0) is 0 Å². The number of rotatable bonds is 4. The van der Waals surface area contributed by atoms with Crippen molar-refractivity contribution in [2.75, 3.05) is 0 Å². The SMILES string of the molecule is C\C=C(Br)/C(Cl)=N\C(C)=C\CCC. The van der Waals surface area contributed by atoms with E-state index >= 15 is 0 Å². The minimum absolute atomic E-state index is 0.507. The van der Waals surface area contributed by atoms with Gasteiger partial charge in [0.25, 0.3) is 0 Å². The number of unbranched alkanes of at least 4 members (excludes halogenated alkanes) is 1. The van der Waals surface area contributed by atoms with Crippen LogP contribution >= 0.6 is 27.5 Å². The highest BCUT2D eigenvalue weighted by atomic mass is 79.9. The molecule has 0 atom stereocenters. The van der Waals surface area contributed by atoms with Crippen molar-refractivity contribution in [1.29, 1.82) is 0 Å². The van der Waals surface area contributed by atoms with Gasteiger partial charge >= 0.3 is 0 Å². The molecular formula is C10H15BrClN. The van der Waals surface area contributed by atoms with Crippen molar-refractivity contribution in [3.05, 3.63) is 22.3 Å². The number of nitrogens with zero attached hydrogens (tertiary/aromatic N) is 1. The maximum atomic E-state index is 5.90. The zero-order valence-corrected chi connectivity index (χ0v) is 10.6. The van der Waals surface area contributed by atoms with E-state index in [0.29, 0.717) is 5.17 Å². The molecule has 0 spiro atoms. The molecule has 0 radical (unpaired) electrons. The molecule has 0 N–H and O–H groups in total. The topological polar surface area (TPSA) is 12.4 Å². The number of allylic oxidation sites excluding steroid dienone is 4.